The largest absolute Gasteiger partial charge is 0.369 e. The highest BCUT2D eigenvalue weighted by Gasteiger charge is 2.46. The van der Waals surface area contributed by atoms with Crippen LogP contribution in [0.15, 0.2) is 0 Å². The van der Waals surface area contributed by atoms with Crippen LogP contribution < -0.4 is 0 Å². The van der Waals surface area contributed by atoms with Crippen LogP contribution in [0.4, 0.5) is 0 Å². The Morgan fingerprint density at radius 3 is 2.59 bits per heavy atom. The van der Waals surface area contributed by atoms with E-state index in [1.165, 1.54) is 30.7 Å². The number of likely N-dealkylation sites (tertiary alicyclic amines) is 1. The van der Waals surface area contributed by atoms with E-state index >= 15 is 0 Å². The Kier molecular flexibility index (Phi) is 3.35. The van der Waals surface area contributed by atoms with Crippen LogP contribution in [0.25, 0.3) is 0 Å². The summed E-state index contributed by atoms with van der Waals surface area (Å²) in [5, 5.41) is 0.481. The van der Waals surface area contributed by atoms with Crippen molar-refractivity contribution < 1.29 is 0 Å². The van der Waals surface area contributed by atoms with E-state index in [1.54, 1.807) is 0 Å². The lowest BCUT2D eigenvalue weighted by molar-refractivity contribution is 0.123. The summed E-state index contributed by atoms with van der Waals surface area (Å²) in [5.41, 5.74) is 0.440. The molecule has 3 atom stereocenters. The van der Waals surface area contributed by atoms with Crippen molar-refractivity contribution in [3.05, 3.63) is 0 Å². The zero-order valence-electron chi connectivity index (χ0n) is 12.0. The van der Waals surface area contributed by atoms with Crippen molar-refractivity contribution in [1.82, 2.24) is 4.90 Å². The average Bonchev–Trinajstić information content (AvgIpc) is 2.26. The summed E-state index contributed by atoms with van der Waals surface area (Å²) in [6, 6.07) is 0. The van der Waals surface area contributed by atoms with Crippen LogP contribution in [-0.2, 0) is 0 Å². The van der Waals surface area contributed by atoms with Crippen molar-refractivity contribution >= 4 is 25.1 Å². The zero-order chi connectivity index (χ0) is 12.8. The molecule has 1 saturated heterocycles. The van der Waals surface area contributed by atoms with E-state index in [1.807, 2.05) is 0 Å². The summed E-state index contributed by atoms with van der Waals surface area (Å²) in [6.45, 7) is 8.51. The first-order valence-electron chi connectivity index (χ1n) is 6.98. The van der Waals surface area contributed by atoms with Gasteiger partial charge in [0.05, 0.1) is 4.99 Å². The third kappa shape index (κ3) is 2.54. The molecule has 0 aromatic carbocycles. The van der Waals surface area contributed by atoms with Gasteiger partial charge in [-0.1, -0.05) is 44.7 Å². The van der Waals surface area contributed by atoms with Gasteiger partial charge in [-0.2, -0.15) is 0 Å². The molecule has 0 aromatic rings. The minimum atomic E-state index is 0.440. The highest BCUT2D eigenvalue weighted by atomic mass is 32.1. The van der Waals surface area contributed by atoms with Crippen LogP contribution in [-0.4, -0.2) is 31.3 Å². The lowest BCUT2D eigenvalue weighted by atomic mass is 9.59. The quantitative estimate of drug-likeness (QED) is 0.481. The molecule has 1 aliphatic heterocycles. The van der Waals surface area contributed by atoms with Gasteiger partial charge in [0, 0.05) is 19.5 Å². The molecule has 0 spiro atoms. The van der Waals surface area contributed by atoms with Gasteiger partial charge in [0.1, 0.15) is 7.85 Å². The molecule has 96 valence electrons. The molecule has 1 aliphatic carbocycles. The number of hydrogen-bond donors (Lipinski definition) is 0. The van der Waals surface area contributed by atoms with Crippen LogP contribution in [0, 0.1) is 17.3 Å². The van der Waals surface area contributed by atoms with Crippen molar-refractivity contribution in [2.24, 2.45) is 17.3 Å². The molecule has 1 saturated carbocycles. The Labute approximate surface area is 113 Å². The molecule has 2 fully saturated rings. The predicted molar refractivity (Wildman–Crippen MR) is 81.4 cm³/mol. The highest BCUT2D eigenvalue weighted by Crippen LogP contribution is 2.54. The van der Waals surface area contributed by atoms with Crippen LogP contribution in [0.2, 0.25) is 5.31 Å². The highest BCUT2D eigenvalue weighted by molar-refractivity contribution is 7.80. The van der Waals surface area contributed by atoms with Crippen LogP contribution in [0.1, 0.15) is 46.5 Å². The molecular formula is C14H26BNS. The molecule has 2 rings (SSSR count). The number of piperidine rings is 1. The molecule has 17 heavy (non-hydrogen) atoms. The number of nitrogens with zero attached hydrogens (tertiary/aromatic N) is 1. The molecule has 2 aliphatic rings. The molecule has 3 unspecified atom stereocenters. The van der Waals surface area contributed by atoms with E-state index < -0.39 is 0 Å². The van der Waals surface area contributed by atoms with Gasteiger partial charge in [-0.05, 0) is 30.6 Å². The number of thiocarbonyl (C=S) groups is 1. The fraction of sp³-hybridized carbons (Fsp3) is 0.929. The lowest BCUT2D eigenvalue weighted by Gasteiger charge is -2.45. The second-order valence-corrected chi connectivity index (χ2v) is 8.05. The summed E-state index contributed by atoms with van der Waals surface area (Å²) in [4.78, 5) is 3.54. The second-order valence-electron chi connectivity index (χ2n) is 7.63. The van der Waals surface area contributed by atoms with Gasteiger partial charge in [0.25, 0.3) is 0 Å². The van der Waals surface area contributed by atoms with Crippen molar-refractivity contribution in [1.29, 1.82) is 0 Å². The van der Waals surface area contributed by atoms with Crippen LogP contribution in [0.5, 0.6) is 0 Å². The standard InChI is InChI=1S/C14H26BNS/c1-13(2)9-14(3,15)7-5-10-11(13)6-8-16(4)12(10)17/h10-11H,5-9,15H2,1-4H3. The van der Waals surface area contributed by atoms with Crippen LogP contribution >= 0.6 is 12.2 Å². The molecule has 0 N–H and O–H groups in total. The van der Waals surface area contributed by atoms with Gasteiger partial charge in [-0.25, -0.2) is 0 Å². The first kappa shape index (κ1) is 13.4. The fourth-order valence-corrected chi connectivity index (χ4v) is 4.73. The van der Waals surface area contributed by atoms with E-state index in [-0.39, 0.29) is 0 Å². The Balaban J connectivity index is 2.29. The number of rotatable bonds is 0. The Morgan fingerprint density at radius 1 is 1.29 bits per heavy atom. The molecular weight excluding hydrogens is 225 g/mol. The van der Waals surface area contributed by atoms with E-state index in [9.17, 15) is 0 Å². The van der Waals surface area contributed by atoms with Gasteiger partial charge in [0.2, 0.25) is 0 Å². The monoisotopic (exact) mass is 251 g/mol. The minimum Gasteiger partial charge on any atom is -0.369 e. The Hall–Kier alpha value is -0.0451. The maximum atomic E-state index is 5.69. The smallest absolute Gasteiger partial charge is 0.109 e. The third-order valence-corrected chi connectivity index (χ3v) is 5.64. The predicted octanol–water partition coefficient (Wildman–Crippen LogP) is 2.90. The molecule has 1 nitrogen and oxygen atoms in total. The van der Waals surface area contributed by atoms with Crippen LogP contribution in [0.3, 0.4) is 0 Å². The molecule has 0 amide bonds. The van der Waals surface area contributed by atoms with E-state index in [0.717, 1.165) is 12.5 Å². The van der Waals surface area contributed by atoms with Crippen molar-refractivity contribution in [2.45, 2.75) is 51.8 Å². The van der Waals surface area contributed by atoms with Gasteiger partial charge in [-0.15, -0.1) is 0 Å². The SMILES string of the molecule is BC1(C)CCC2C(=S)N(C)CCC2C(C)(C)C1. The topological polar surface area (TPSA) is 3.24 Å². The van der Waals surface area contributed by atoms with Crippen molar-refractivity contribution in [3.8, 4) is 0 Å². The molecule has 0 radical (unpaired) electrons. The molecule has 0 aromatic heterocycles. The fourth-order valence-electron chi connectivity index (χ4n) is 4.36. The van der Waals surface area contributed by atoms with E-state index in [4.69, 9.17) is 12.2 Å². The first-order valence-corrected chi connectivity index (χ1v) is 7.39. The summed E-state index contributed by atoms with van der Waals surface area (Å²) in [5.74, 6) is 1.45. The van der Waals surface area contributed by atoms with Gasteiger partial charge in [0.15, 0.2) is 0 Å². The van der Waals surface area contributed by atoms with Crippen molar-refractivity contribution in [3.63, 3.8) is 0 Å². The third-order valence-electron chi connectivity index (χ3n) is 5.02. The normalized spacial score (nSPS) is 41.9. The molecule has 3 heteroatoms. The summed E-state index contributed by atoms with van der Waals surface area (Å²) in [6.07, 6.45) is 5.29. The Morgan fingerprint density at radius 2 is 1.94 bits per heavy atom. The van der Waals surface area contributed by atoms with Gasteiger partial charge in [-0.3, -0.25) is 0 Å². The number of hydrogen-bond acceptors (Lipinski definition) is 1. The number of fused-ring (bicyclic) bond motifs is 1. The minimum absolute atomic E-state index is 0.440. The zero-order valence-corrected chi connectivity index (χ0v) is 12.9. The summed E-state index contributed by atoms with van der Waals surface area (Å²) < 4.78 is 0. The first-order chi connectivity index (χ1) is 7.73. The second kappa shape index (κ2) is 4.26. The lowest BCUT2D eigenvalue weighted by Crippen LogP contribution is -2.46. The van der Waals surface area contributed by atoms with E-state index in [2.05, 4.69) is 40.6 Å². The van der Waals surface area contributed by atoms with Crippen molar-refractivity contribution in [2.75, 3.05) is 13.6 Å². The summed E-state index contributed by atoms with van der Waals surface area (Å²) in [7, 11) is 4.60. The molecule has 0 bridgehead atoms. The summed E-state index contributed by atoms with van der Waals surface area (Å²) >= 11 is 5.69. The van der Waals surface area contributed by atoms with E-state index in [0.29, 0.717) is 16.6 Å². The maximum absolute atomic E-state index is 5.69. The van der Waals surface area contributed by atoms with Gasteiger partial charge < -0.3 is 4.90 Å². The van der Waals surface area contributed by atoms with Gasteiger partial charge >= 0.3 is 0 Å². The molecule has 1 heterocycles. The maximum Gasteiger partial charge on any atom is 0.109 e. The Bertz CT molecular complexity index is 324. The average molecular weight is 251 g/mol.